The van der Waals surface area contributed by atoms with Crippen LogP contribution in [0.2, 0.25) is 0 Å². The molecule has 0 spiro atoms. The first-order chi connectivity index (χ1) is 11.9. The van der Waals surface area contributed by atoms with Crippen molar-refractivity contribution in [3.63, 3.8) is 0 Å². The lowest BCUT2D eigenvalue weighted by atomic mass is 10.1. The topological polar surface area (TPSA) is 109 Å². The van der Waals surface area contributed by atoms with Crippen LogP contribution in [0.25, 0.3) is 22.3 Å². The van der Waals surface area contributed by atoms with E-state index in [0.29, 0.717) is 28.0 Å². The molecule has 3 rings (SSSR count). The highest BCUT2D eigenvalue weighted by atomic mass is 16.5. The highest BCUT2D eigenvalue weighted by Gasteiger charge is 2.18. The van der Waals surface area contributed by atoms with Crippen molar-refractivity contribution in [3.8, 4) is 40.1 Å². The highest BCUT2D eigenvalue weighted by molar-refractivity contribution is 5.86. The minimum atomic E-state index is -0.644. The van der Waals surface area contributed by atoms with E-state index in [-0.39, 0.29) is 16.8 Å². The van der Waals surface area contributed by atoms with Gasteiger partial charge in [0.1, 0.15) is 11.3 Å². The van der Waals surface area contributed by atoms with E-state index in [9.17, 15) is 20.1 Å². The molecule has 3 aromatic rings. The SMILES string of the molecule is COc1cc2c(=O)cc(-c3cc(O)c(O)c(O)c3)oc2c(C)c1OC. The number of fused-ring (bicyclic) bond motifs is 1. The number of phenols is 3. The van der Waals surface area contributed by atoms with E-state index in [1.54, 1.807) is 6.92 Å². The number of aromatic hydroxyl groups is 3. The summed E-state index contributed by atoms with van der Waals surface area (Å²) in [6, 6.07) is 5.14. The molecule has 1 aromatic heterocycles. The highest BCUT2D eigenvalue weighted by Crippen LogP contribution is 2.40. The molecule has 130 valence electrons. The van der Waals surface area contributed by atoms with E-state index in [1.807, 2.05) is 0 Å². The summed E-state index contributed by atoms with van der Waals surface area (Å²) in [7, 11) is 2.95. The zero-order valence-corrected chi connectivity index (χ0v) is 13.8. The Morgan fingerprint density at radius 2 is 1.60 bits per heavy atom. The Bertz CT molecular complexity index is 1010. The summed E-state index contributed by atoms with van der Waals surface area (Å²) < 4.78 is 16.4. The van der Waals surface area contributed by atoms with Gasteiger partial charge >= 0.3 is 0 Å². The maximum absolute atomic E-state index is 12.5. The standard InChI is InChI=1S/C18H16O7/c1-8-17-10(6-15(23-2)18(8)24-3)11(19)7-14(25-17)9-4-12(20)16(22)13(21)5-9/h4-7,20-22H,1-3H3. The molecule has 0 saturated carbocycles. The molecule has 0 radical (unpaired) electrons. The van der Waals surface area contributed by atoms with E-state index < -0.39 is 17.2 Å². The summed E-state index contributed by atoms with van der Waals surface area (Å²) in [6.45, 7) is 1.72. The minimum absolute atomic E-state index is 0.124. The van der Waals surface area contributed by atoms with E-state index in [2.05, 4.69) is 0 Å². The smallest absolute Gasteiger partial charge is 0.200 e. The van der Waals surface area contributed by atoms with Gasteiger partial charge in [-0.05, 0) is 25.1 Å². The fraction of sp³-hybridized carbons (Fsp3) is 0.167. The number of benzene rings is 2. The first-order valence-corrected chi connectivity index (χ1v) is 7.32. The van der Waals surface area contributed by atoms with Crippen LogP contribution in [-0.2, 0) is 0 Å². The van der Waals surface area contributed by atoms with Gasteiger partial charge in [0, 0.05) is 17.2 Å². The molecule has 7 nitrogen and oxygen atoms in total. The Labute approximate surface area is 142 Å². The van der Waals surface area contributed by atoms with Crippen LogP contribution in [0.5, 0.6) is 28.7 Å². The quantitative estimate of drug-likeness (QED) is 0.627. The largest absolute Gasteiger partial charge is 0.504 e. The van der Waals surface area contributed by atoms with E-state index in [4.69, 9.17) is 13.9 Å². The summed E-state index contributed by atoms with van der Waals surface area (Å²) >= 11 is 0. The van der Waals surface area contributed by atoms with Gasteiger partial charge in [0.25, 0.3) is 0 Å². The number of methoxy groups -OCH3 is 2. The molecule has 0 aliphatic rings. The van der Waals surface area contributed by atoms with Crippen LogP contribution in [0.3, 0.4) is 0 Å². The molecule has 0 aliphatic heterocycles. The molecule has 0 unspecified atom stereocenters. The summed E-state index contributed by atoms with van der Waals surface area (Å²) in [5.41, 5.74) is 0.781. The second-order valence-electron chi connectivity index (χ2n) is 5.45. The molecule has 0 atom stereocenters. The Morgan fingerprint density at radius 3 is 2.16 bits per heavy atom. The van der Waals surface area contributed by atoms with Crippen LogP contribution in [0.15, 0.2) is 33.5 Å². The minimum Gasteiger partial charge on any atom is -0.504 e. The lowest BCUT2D eigenvalue weighted by molar-refractivity contribution is 0.353. The Morgan fingerprint density at radius 1 is 0.960 bits per heavy atom. The molecule has 25 heavy (non-hydrogen) atoms. The normalized spacial score (nSPS) is 10.8. The number of hydrogen-bond donors (Lipinski definition) is 3. The summed E-state index contributed by atoms with van der Waals surface area (Å²) in [6.07, 6.45) is 0. The first kappa shape index (κ1) is 16.5. The lowest BCUT2D eigenvalue weighted by Gasteiger charge is -2.13. The third-order valence-electron chi connectivity index (χ3n) is 3.94. The predicted octanol–water partition coefficient (Wildman–Crippen LogP) is 2.90. The maximum atomic E-state index is 12.5. The van der Waals surface area contributed by atoms with Crippen molar-refractivity contribution < 1.29 is 29.2 Å². The van der Waals surface area contributed by atoms with E-state index in [1.165, 1.54) is 38.5 Å². The van der Waals surface area contributed by atoms with Gasteiger partial charge < -0.3 is 29.2 Å². The van der Waals surface area contributed by atoms with Crippen molar-refractivity contribution in [1.82, 2.24) is 0 Å². The number of rotatable bonds is 3. The number of phenolic OH excluding ortho intramolecular Hbond substituents is 3. The number of hydrogen-bond acceptors (Lipinski definition) is 7. The van der Waals surface area contributed by atoms with Gasteiger partial charge in [-0.2, -0.15) is 0 Å². The van der Waals surface area contributed by atoms with Gasteiger partial charge in [-0.1, -0.05) is 0 Å². The van der Waals surface area contributed by atoms with Gasteiger partial charge in [-0.25, -0.2) is 0 Å². The first-order valence-electron chi connectivity index (χ1n) is 7.32. The fourth-order valence-corrected chi connectivity index (χ4v) is 2.70. The van der Waals surface area contributed by atoms with Crippen LogP contribution in [-0.4, -0.2) is 29.5 Å². The lowest BCUT2D eigenvalue weighted by Crippen LogP contribution is -2.03. The Hall–Kier alpha value is -3.35. The van der Waals surface area contributed by atoms with Crippen LogP contribution < -0.4 is 14.9 Å². The molecule has 0 aliphatic carbocycles. The van der Waals surface area contributed by atoms with Crippen molar-refractivity contribution >= 4 is 11.0 Å². The van der Waals surface area contributed by atoms with Gasteiger partial charge in [-0.3, -0.25) is 4.79 Å². The van der Waals surface area contributed by atoms with Gasteiger partial charge in [0.2, 0.25) is 0 Å². The number of ether oxygens (including phenoxy) is 2. The van der Waals surface area contributed by atoms with Crippen molar-refractivity contribution in [2.45, 2.75) is 6.92 Å². The molecular formula is C18H16O7. The average Bonchev–Trinajstić information content (AvgIpc) is 2.59. The third kappa shape index (κ3) is 2.59. The van der Waals surface area contributed by atoms with Gasteiger partial charge in [-0.15, -0.1) is 0 Å². The third-order valence-corrected chi connectivity index (χ3v) is 3.94. The van der Waals surface area contributed by atoms with E-state index in [0.717, 1.165) is 0 Å². The van der Waals surface area contributed by atoms with E-state index >= 15 is 0 Å². The van der Waals surface area contributed by atoms with Gasteiger partial charge in [0.15, 0.2) is 34.2 Å². The molecule has 0 saturated heterocycles. The fourth-order valence-electron chi connectivity index (χ4n) is 2.70. The second-order valence-corrected chi connectivity index (χ2v) is 5.45. The maximum Gasteiger partial charge on any atom is 0.200 e. The Kier molecular flexibility index (Phi) is 3.92. The molecular weight excluding hydrogens is 328 g/mol. The molecule has 0 bridgehead atoms. The average molecular weight is 344 g/mol. The second kappa shape index (κ2) is 5.94. The van der Waals surface area contributed by atoms with Crippen LogP contribution >= 0.6 is 0 Å². The predicted molar refractivity (Wildman–Crippen MR) is 90.8 cm³/mol. The van der Waals surface area contributed by atoms with Crippen LogP contribution in [0, 0.1) is 6.92 Å². The van der Waals surface area contributed by atoms with Crippen molar-refractivity contribution in [2.75, 3.05) is 14.2 Å². The van der Waals surface area contributed by atoms with Crippen molar-refractivity contribution in [1.29, 1.82) is 0 Å². The summed E-state index contributed by atoms with van der Waals surface area (Å²) in [5.74, 6) is -0.726. The zero-order valence-electron chi connectivity index (χ0n) is 13.8. The molecule has 3 N–H and O–H groups in total. The molecule has 2 aromatic carbocycles. The summed E-state index contributed by atoms with van der Waals surface area (Å²) in [5, 5.41) is 29.1. The Balaban J connectivity index is 2.33. The molecule has 1 heterocycles. The van der Waals surface area contributed by atoms with Crippen molar-refractivity contribution in [3.05, 3.63) is 40.1 Å². The molecule has 7 heteroatoms. The van der Waals surface area contributed by atoms with Gasteiger partial charge in [0.05, 0.1) is 19.6 Å². The molecule has 0 fully saturated rings. The number of aryl methyl sites for hydroxylation is 1. The van der Waals surface area contributed by atoms with Crippen molar-refractivity contribution in [2.24, 2.45) is 0 Å². The van der Waals surface area contributed by atoms with Crippen LogP contribution in [0.1, 0.15) is 5.56 Å². The molecule has 0 amide bonds. The van der Waals surface area contributed by atoms with Crippen LogP contribution in [0.4, 0.5) is 0 Å². The summed E-state index contributed by atoms with van der Waals surface area (Å²) in [4.78, 5) is 12.5. The monoisotopic (exact) mass is 344 g/mol. The zero-order chi connectivity index (χ0) is 18.3.